The minimum absolute atomic E-state index is 0.110. The molecule has 40 heavy (non-hydrogen) atoms. The molecule has 0 bridgehead atoms. The molecule has 1 aromatic heterocycles. The maximum Gasteiger partial charge on any atom is 0.302 e. The number of carbonyl (C=O) groups excluding carboxylic acids is 2. The average Bonchev–Trinajstić information content (AvgIpc) is 3.50. The lowest BCUT2D eigenvalue weighted by molar-refractivity contribution is -0.132. The molecule has 0 saturated carbocycles. The van der Waals surface area contributed by atoms with Gasteiger partial charge < -0.3 is 29.0 Å². The number of ketones is 1. The Bertz CT molecular complexity index is 1620. The van der Waals surface area contributed by atoms with Crippen molar-refractivity contribution in [3.8, 4) is 23.0 Å². The Hall–Kier alpha value is -4.99. The second-order valence-corrected chi connectivity index (χ2v) is 8.91. The van der Waals surface area contributed by atoms with Gasteiger partial charge in [-0.3, -0.25) is 14.5 Å². The lowest BCUT2D eigenvalue weighted by Crippen LogP contribution is -2.30. The molecule has 0 spiro atoms. The van der Waals surface area contributed by atoms with E-state index in [-0.39, 0.29) is 22.8 Å². The maximum atomic E-state index is 13.6. The Morgan fingerprint density at radius 2 is 1.65 bits per heavy atom. The van der Waals surface area contributed by atoms with E-state index in [9.17, 15) is 14.7 Å². The number of H-pyrrole nitrogens is 1. The van der Waals surface area contributed by atoms with E-state index in [1.54, 1.807) is 67.8 Å². The van der Waals surface area contributed by atoms with E-state index in [1.165, 1.54) is 12.0 Å². The fraction of sp³-hybridized carbons (Fsp3) is 0.233. The van der Waals surface area contributed by atoms with Crippen molar-refractivity contribution in [3.63, 3.8) is 0 Å². The number of aromatic amines is 1. The number of nitrogens with zero attached hydrogens (tertiary/aromatic N) is 2. The number of hydrogen-bond donors (Lipinski definition) is 2. The molecule has 1 fully saturated rings. The number of rotatable bonds is 9. The average molecular weight is 544 g/mol. The summed E-state index contributed by atoms with van der Waals surface area (Å²) < 4.78 is 22.1. The molecule has 1 atom stereocenters. The van der Waals surface area contributed by atoms with Gasteiger partial charge in [0.15, 0.2) is 0 Å². The number of ether oxygens (including phenoxy) is 4. The summed E-state index contributed by atoms with van der Waals surface area (Å²) in [7, 11) is 3.08. The fourth-order valence-corrected chi connectivity index (χ4v) is 4.77. The number of hydrogen-bond acceptors (Lipinski definition) is 8. The third kappa shape index (κ3) is 4.68. The van der Waals surface area contributed by atoms with Gasteiger partial charge in [0.05, 0.1) is 55.6 Å². The molecule has 4 aromatic rings. The maximum absolute atomic E-state index is 13.6. The quantitative estimate of drug-likeness (QED) is 0.172. The number of Topliss-reactive ketones (excluding diaryl/α,β-unsaturated/α-hetero) is 1. The van der Waals surface area contributed by atoms with Gasteiger partial charge >= 0.3 is 5.91 Å². The summed E-state index contributed by atoms with van der Waals surface area (Å²) in [5, 5.41) is 11.6. The number of fused-ring (bicyclic) bond motifs is 1. The zero-order chi connectivity index (χ0) is 28.4. The molecule has 10 nitrogen and oxygen atoms in total. The van der Waals surface area contributed by atoms with Crippen LogP contribution in [0, 0.1) is 0 Å². The first kappa shape index (κ1) is 26.6. The summed E-state index contributed by atoms with van der Waals surface area (Å²) in [5.41, 5.74) is 1.88. The molecule has 1 amide bonds. The Morgan fingerprint density at radius 3 is 2.38 bits per heavy atom. The van der Waals surface area contributed by atoms with Crippen LogP contribution in [0.3, 0.4) is 0 Å². The molecule has 0 radical (unpaired) electrons. The van der Waals surface area contributed by atoms with E-state index in [4.69, 9.17) is 18.9 Å². The zero-order valence-corrected chi connectivity index (χ0v) is 22.6. The topological polar surface area (TPSA) is 123 Å². The van der Waals surface area contributed by atoms with Crippen LogP contribution in [0.5, 0.6) is 23.0 Å². The van der Waals surface area contributed by atoms with Gasteiger partial charge in [-0.15, -0.1) is 0 Å². The van der Waals surface area contributed by atoms with Crippen molar-refractivity contribution in [3.05, 3.63) is 77.4 Å². The van der Waals surface area contributed by atoms with Crippen LogP contribution in [0.25, 0.3) is 16.8 Å². The highest BCUT2D eigenvalue weighted by atomic mass is 16.5. The first-order valence-electron chi connectivity index (χ1n) is 12.8. The number of anilines is 1. The number of benzene rings is 3. The van der Waals surface area contributed by atoms with Crippen LogP contribution in [0.1, 0.15) is 31.0 Å². The molecular formula is C30H29N3O7. The lowest BCUT2D eigenvalue weighted by Gasteiger charge is -2.23. The fourth-order valence-electron chi connectivity index (χ4n) is 4.77. The lowest BCUT2D eigenvalue weighted by atomic mass is 9.95. The number of methoxy groups -OCH3 is 2. The second-order valence-electron chi connectivity index (χ2n) is 8.91. The number of amides is 1. The number of aromatic nitrogens is 2. The summed E-state index contributed by atoms with van der Waals surface area (Å²) in [5.74, 6) is 0.0554. The van der Waals surface area contributed by atoms with Crippen LogP contribution in [0.2, 0.25) is 0 Å². The van der Waals surface area contributed by atoms with Crippen molar-refractivity contribution in [2.24, 2.45) is 0 Å². The summed E-state index contributed by atoms with van der Waals surface area (Å²) in [6.07, 6.45) is 0. The predicted octanol–water partition coefficient (Wildman–Crippen LogP) is 5.00. The highest BCUT2D eigenvalue weighted by Gasteiger charge is 2.48. The molecule has 1 saturated heterocycles. The molecule has 3 aromatic carbocycles. The summed E-state index contributed by atoms with van der Waals surface area (Å²) >= 11 is 0. The minimum atomic E-state index is -1.02. The van der Waals surface area contributed by atoms with Gasteiger partial charge in [0.1, 0.15) is 28.8 Å². The van der Waals surface area contributed by atoms with Crippen molar-refractivity contribution in [1.82, 2.24) is 9.97 Å². The molecule has 2 N–H and O–H groups in total. The van der Waals surface area contributed by atoms with Crippen molar-refractivity contribution >= 4 is 34.4 Å². The molecule has 1 aliphatic rings. The molecule has 0 aliphatic carbocycles. The minimum Gasteiger partial charge on any atom is -0.507 e. The number of aliphatic hydroxyl groups is 1. The monoisotopic (exact) mass is 543 g/mol. The van der Waals surface area contributed by atoms with Crippen molar-refractivity contribution in [1.29, 1.82) is 0 Å². The Balaban J connectivity index is 1.72. The summed E-state index contributed by atoms with van der Waals surface area (Å²) in [6, 6.07) is 16.1. The molecule has 206 valence electrons. The third-order valence-corrected chi connectivity index (χ3v) is 6.58. The van der Waals surface area contributed by atoms with Gasteiger partial charge in [-0.2, -0.15) is 0 Å². The SMILES string of the molecule is CCOc1ccc(/C(O)=C2\C(=O)C(=O)N(c3nc4ccc(OC)cc4[nH]3)C2c2cccc(OC)c2)c(OCC)c1. The van der Waals surface area contributed by atoms with Crippen molar-refractivity contribution in [2.45, 2.75) is 19.9 Å². The standard InChI is InChI=1S/C30H29N3O7/c1-5-39-20-10-12-21(24(16-20)40-6-2)27(34)25-26(17-8-7-9-18(14-17)37-3)33(29(36)28(25)35)30-31-22-13-11-19(38-4)15-23(22)32-30/h7-16,26,34H,5-6H2,1-4H3,(H,31,32)/b27-25+. The first-order valence-corrected chi connectivity index (χ1v) is 12.8. The van der Waals surface area contributed by atoms with E-state index < -0.39 is 17.7 Å². The summed E-state index contributed by atoms with van der Waals surface area (Å²) in [4.78, 5) is 36.2. The Labute approximate surface area is 230 Å². The molecule has 1 unspecified atom stereocenters. The van der Waals surface area contributed by atoms with Gasteiger partial charge in [-0.05, 0) is 55.8 Å². The van der Waals surface area contributed by atoms with Gasteiger partial charge in [0.2, 0.25) is 5.95 Å². The van der Waals surface area contributed by atoms with E-state index in [0.717, 1.165) is 0 Å². The van der Waals surface area contributed by atoms with Crippen LogP contribution in [-0.2, 0) is 9.59 Å². The Kier molecular flexibility index (Phi) is 7.33. The van der Waals surface area contributed by atoms with E-state index >= 15 is 0 Å². The zero-order valence-electron chi connectivity index (χ0n) is 22.6. The highest BCUT2D eigenvalue weighted by Crippen LogP contribution is 2.44. The molecule has 5 rings (SSSR count). The van der Waals surface area contributed by atoms with Crippen LogP contribution < -0.4 is 23.8 Å². The number of imidazole rings is 1. The molecular weight excluding hydrogens is 514 g/mol. The smallest absolute Gasteiger partial charge is 0.302 e. The number of aliphatic hydroxyl groups excluding tert-OH is 1. The van der Waals surface area contributed by atoms with Crippen molar-refractivity contribution in [2.75, 3.05) is 32.3 Å². The molecule has 10 heteroatoms. The highest BCUT2D eigenvalue weighted by molar-refractivity contribution is 6.51. The van der Waals surface area contributed by atoms with Crippen LogP contribution in [-0.4, -0.2) is 54.2 Å². The normalized spacial score (nSPS) is 16.4. The van der Waals surface area contributed by atoms with Crippen LogP contribution >= 0.6 is 0 Å². The third-order valence-electron chi connectivity index (χ3n) is 6.58. The van der Waals surface area contributed by atoms with Gasteiger partial charge in [0.25, 0.3) is 5.78 Å². The van der Waals surface area contributed by atoms with E-state index in [2.05, 4.69) is 9.97 Å². The van der Waals surface area contributed by atoms with Crippen LogP contribution in [0.4, 0.5) is 5.95 Å². The van der Waals surface area contributed by atoms with Gasteiger partial charge in [-0.1, -0.05) is 12.1 Å². The predicted molar refractivity (Wildman–Crippen MR) is 149 cm³/mol. The number of nitrogens with one attached hydrogen (secondary N) is 1. The molecule has 1 aliphatic heterocycles. The van der Waals surface area contributed by atoms with Gasteiger partial charge in [0, 0.05) is 12.1 Å². The van der Waals surface area contributed by atoms with E-state index in [0.29, 0.717) is 52.8 Å². The Morgan fingerprint density at radius 1 is 0.925 bits per heavy atom. The molecule has 2 heterocycles. The second kappa shape index (κ2) is 11.0. The largest absolute Gasteiger partial charge is 0.507 e. The van der Waals surface area contributed by atoms with Gasteiger partial charge in [-0.25, -0.2) is 4.98 Å². The van der Waals surface area contributed by atoms with Crippen molar-refractivity contribution < 1.29 is 33.6 Å². The first-order chi connectivity index (χ1) is 19.4. The number of carbonyl (C=O) groups is 2. The van der Waals surface area contributed by atoms with Crippen LogP contribution in [0.15, 0.2) is 66.2 Å². The summed E-state index contributed by atoms with van der Waals surface area (Å²) in [6.45, 7) is 4.42. The van der Waals surface area contributed by atoms with E-state index in [1.807, 2.05) is 13.8 Å².